The fourth-order valence-electron chi connectivity index (χ4n) is 3.43. The summed E-state index contributed by atoms with van der Waals surface area (Å²) in [6.07, 6.45) is -0.366. The molecule has 1 aromatic carbocycles. The second-order valence-corrected chi connectivity index (χ2v) is 7.90. The van der Waals surface area contributed by atoms with Gasteiger partial charge >= 0.3 is 0 Å². The average Bonchev–Trinajstić information content (AvgIpc) is 3.10. The normalized spacial score (nSPS) is 12.5. The van der Waals surface area contributed by atoms with Gasteiger partial charge in [0.2, 0.25) is 0 Å². The molecule has 0 saturated carbocycles. The molecule has 3 rings (SSSR count). The molecule has 3 aromatic rings. The van der Waals surface area contributed by atoms with E-state index in [0.29, 0.717) is 28.9 Å². The molecule has 0 fully saturated rings. The van der Waals surface area contributed by atoms with Gasteiger partial charge in [0.05, 0.1) is 17.3 Å². The lowest BCUT2D eigenvalue weighted by atomic mass is 10.0. The molecule has 1 amide bonds. The number of primary amides is 1. The molecule has 0 aliphatic rings. The number of nitrogens with zero attached hydrogens (tertiary/aromatic N) is 3. The van der Waals surface area contributed by atoms with E-state index >= 15 is 0 Å². The van der Waals surface area contributed by atoms with E-state index in [4.69, 9.17) is 11.5 Å². The third-order valence-corrected chi connectivity index (χ3v) is 4.84. The number of anilines is 3. The average molecular weight is 449 g/mol. The number of nitrogens with one attached hydrogen (secondary N) is 2. The van der Waals surface area contributed by atoms with Gasteiger partial charge in [-0.3, -0.25) is 9.48 Å². The Morgan fingerprint density at radius 1 is 1.22 bits per heavy atom. The largest absolute Gasteiger partial charge is 0.365 e. The van der Waals surface area contributed by atoms with E-state index in [0.717, 1.165) is 6.07 Å². The van der Waals surface area contributed by atoms with E-state index in [9.17, 15) is 18.0 Å². The maximum Gasteiger partial charge on any atom is 0.257 e. The Bertz CT molecular complexity index is 1100. The minimum absolute atomic E-state index is 0.0561. The summed E-state index contributed by atoms with van der Waals surface area (Å²) >= 11 is 0. The van der Waals surface area contributed by atoms with Crippen LogP contribution in [0.5, 0.6) is 0 Å². The molecule has 2 heterocycles. The van der Waals surface area contributed by atoms with Gasteiger partial charge in [-0.2, -0.15) is 5.10 Å². The molecule has 6 N–H and O–H groups in total. The second-order valence-electron chi connectivity index (χ2n) is 7.90. The van der Waals surface area contributed by atoms with E-state index < -0.39 is 24.7 Å². The lowest BCUT2D eigenvalue weighted by molar-refractivity contribution is 0.1000. The molecule has 0 saturated heterocycles. The molecule has 0 radical (unpaired) electrons. The summed E-state index contributed by atoms with van der Waals surface area (Å²) in [6.45, 7) is 3.81. The highest BCUT2D eigenvalue weighted by molar-refractivity contribution is 5.99. The molecule has 1 atom stereocenters. The molecule has 2 aromatic heterocycles. The van der Waals surface area contributed by atoms with Gasteiger partial charge < -0.3 is 22.1 Å². The zero-order valence-electron chi connectivity index (χ0n) is 17.8. The number of carbonyl (C=O) groups is 1. The van der Waals surface area contributed by atoms with Gasteiger partial charge in [0, 0.05) is 23.7 Å². The van der Waals surface area contributed by atoms with E-state index in [1.807, 2.05) is 13.8 Å². The first-order valence-corrected chi connectivity index (χ1v) is 10.2. The van der Waals surface area contributed by atoms with Crippen LogP contribution in [0.15, 0.2) is 30.5 Å². The Hall–Kier alpha value is -3.34. The highest BCUT2D eigenvalue weighted by atomic mass is 19.3. The van der Waals surface area contributed by atoms with Crippen molar-refractivity contribution >= 4 is 34.1 Å². The van der Waals surface area contributed by atoms with Gasteiger partial charge in [-0.25, -0.2) is 18.2 Å². The van der Waals surface area contributed by atoms with Crippen molar-refractivity contribution in [2.24, 2.45) is 17.4 Å². The van der Waals surface area contributed by atoms with Crippen molar-refractivity contribution < 1.29 is 18.0 Å². The Morgan fingerprint density at radius 3 is 2.59 bits per heavy atom. The maximum absolute atomic E-state index is 14.6. The standard InChI is InChI=1S/C21H26F3N7O/c1-11(2)5-14(8-25)29-21-16(22)7-15(19(26)32)20(30-21)28-13-3-4-17-12(6-13)9-27-31(17)10-18(23)24/h3-4,6-7,9,11,14,18H,5,8,10,25H2,1-2H3,(H2,26,32)(H2,28,29,30)/t14-/m1/s1. The first kappa shape index (κ1) is 23.3. The van der Waals surface area contributed by atoms with Crippen molar-refractivity contribution in [2.75, 3.05) is 17.2 Å². The molecule has 0 bridgehead atoms. The molecule has 172 valence electrons. The smallest absolute Gasteiger partial charge is 0.257 e. The molecule has 32 heavy (non-hydrogen) atoms. The van der Waals surface area contributed by atoms with Crippen molar-refractivity contribution in [3.63, 3.8) is 0 Å². The van der Waals surface area contributed by atoms with Crippen LogP contribution in [-0.4, -0.2) is 39.7 Å². The fourth-order valence-corrected chi connectivity index (χ4v) is 3.43. The van der Waals surface area contributed by atoms with Crippen LogP contribution in [0.3, 0.4) is 0 Å². The van der Waals surface area contributed by atoms with Crippen molar-refractivity contribution in [1.82, 2.24) is 14.8 Å². The summed E-state index contributed by atoms with van der Waals surface area (Å²) in [7, 11) is 0. The predicted octanol–water partition coefficient (Wildman–Crippen LogP) is 3.46. The highest BCUT2D eigenvalue weighted by Crippen LogP contribution is 2.27. The van der Waals surface area contributed by atoms with Crippen LogP contribution >= 0.6 is 0 Å². The molecule has 8 nitrogen and oxygen atoms in total. The van der Waals surface area contributed by atoms with Gasteiger partial charge in [-0.1, -0.05) is 13.8 Å². The minimum Gasteiger partial charge on any atom is -0.365 e. The van der Waals surface area contributed by atoms with E-state index in [-0.39, 0.29) is 29.8 Å². The van der Waals surface area contributed by atoms with Gasteiger partial charge in [0.1, 0.15) is 12.4 Å². The van der Waals surface area contributed by atoms with Gasteiger partial charge in [-0.15, -0.1) is 0 Å². The SMILES string of the molecule is CC(C)C[C@H](CN)Nc1nc(Nc2ccc3c(cnn3CC(F)F)c2)c(C(N)=O)cc1F. The van der Waals surface area contributed by atoms with Crippen molar-refractivity contribution in [1.29, 1.82) is 0 Å². The monoisotopic (exact) mass is 449 g/mol. The van der Waals surface area contributed by atoms with Gasteiger partial charge in [0.25, 0.3) is 12.3 Å². The molecular formula is C21H26F3N7O. The van der Waals surface area contributed by atoms with Crippen molar-refractivity contribution in [3.8, 4) is 0 Å². The number of fused-ring (bicyclic) bond motifs is 1. The summed E-state index contributed by atoms with van der Waals surface area (Å²) in [5, 5.41) is 10.5. The van der Waals surface area contributed by atoms with E-state index in [2.05, 4.69) is 20.7 Å². The topological polar surface area (TPSA) is 124 Å². The number of hydrogen-bond donors (Lipinski definition) is 4. The number of hydrogen-bond acceptors (Lipinski definition) is 6. The predicted molar refractivity (Wildman–Crippen MR) is 118 cm³/mol. The zero-order valence-corrected chi connectivity index (χ0v) is 17.8. The van der Waals surface area contributed by atoms with Gasteiger partial charge in [-0.05, 0) is 36.6 Å². The number of halogens is 3. The molecule has 0 spiro atoms. The Labute approximate surface area is 183 Å². The number of aromatic nitrogens is 3. The minimum atomic E-state index is -2.53. The Kier molecular flexibility index (Phi) is 7.18. The van der Waals surface area contributed by atoms with Crippen molar-refractivity contribution in [3.05, 3.63) is 41.8 Å². The Balaban J connectivity index is 1.92. The number of alkyl halides is 2. The number of pyridine rings is 1. The Morgan fingerprint density at radius 2 is 1.97 bits per heavy atom. The van der Waals surface area contributed by atoms with Crippen LogP contribution in [0.2, 0.25) is 0 Å². The lowest BCUT2D eigenvalue weighted by Gasteiger charge is -2.21. The summed E-state index contributed by atoms with van der Waals surface area (Å²) in [5.41, 5.74) is 12.1. The zero-order chi connectivity index (χ0) is 23.4. The maximum atomic E-state index is 14.6. The van der Waals surface area contributed by atoms with Gasteiger partial charge in [0.15, 0.2) is 11.6 Å². The number of carbonyl (C=O) groups excluding carboxylic acids is 1. The molecular weight excluding hydrogens is 423 g/mol. The molecule has 0 aliphatic carbocycles. The van der Waals surface area contributed by atoms with Crippen LogP contribution in [0.25, 0.3) is 10.9 Å². The first-order chi connectivity index (χ1) is 15.2. The second kappa shape index (κ2) is 9.86. The van der Waals surface area contributed by atoms with Crippen LogP contribution in [0.4, 0.5) is 30.5 Å². The number of rotatable bonds is 10. The van der Waals surface area contributed by atoms with E-state index in [1.165, 1.54) is 10.9 Å². The highest BCUT2D eigenvalue weighted by Gasteiger charge is 2.19. The van der Waals surface area contributed by atoms with Crippen molar-refractivity contribution in [2.45, 2.75) is 39.3 Å². The third kappa shape index (κ3) is 5.47. The summed E-state index contributed by atoms with van der Waals surface area (Å²) in [5.74, 6) is -1.25. The molecule has 11 heteroatoms. The number of amides is 1. The summed E-state index contributed by atoms with van der Waals surface area (Å²) in [4.78, 5) is 16.1. The first-order valence-electron chi connectivity index (χ1n) is 10.2. The number of nitrogens with two attached hydrogens (primary N) is 2. The summed E-state index contributed by atoms with van der Waals surface area (Å²) < 4.78 is 41.2. The molecule has 0 aliphatic heterocycles. The van der Waals surface area contributed by atoms with Crippen LogP contribution in [-0.2, 0) is 6.54 Å². The molecule has 0 unspecified atom stereocenters. The van der Waals surface area contributed by atoms with Crippen LogP contribution < -0.4 is 22.1 Å². The third-order valence-electron chi connectivity index (χ3n) is 4.84. The fraction of sp³-hybridized carbons (Fsp3) is 0.381. The lowest BCUT2D eigenvalue weighted by Crippen LogP contribution is -2.31. The quantitative estimate of drug-likeness (QED) is 0.376. The summed E-state index contributed by atoms with van der Waals surface area (Å²) in [6, 6.07) is 5.71. The van der Waals surface area contributed by atoms with Crippen LogP contribution in [0.1, 0.15) is 30.6 Å². The van der Waals surface area contributed by atoms with Crippen LogP contribution in [0, 0.1) is 11.7 Å². The number of benzene rings is 1. The van der Waals surface area contributed by atoms with E-state index in [1.54, 1.807) is 18.2 Å².